The quantitative estimate of drug-likeness (QED) is 0.663. The molecule has 3 aromatic rings. The van der Waals surface area contributed by atoms with Crippen LogP contribution in [0.3, 0.4) is 0 Å². The van der Waals surface area contributed by atoms with E-state index >= 15 is 0 Å². The second-order valence-corrected chi connectivity index (χ2v) is 8.81. The van der Waals surface area contributed by atoms with Crippen LogP contribution in [-0.2, 0) is 16.6 Å². The molecule has 0 aliphatic rings. The van der Waals surface area contributed by atoms with Gasteiger partial charge in [-0.25, -0.2) is 17.7 Å². The van der Waals surface area contributed by atoms with Gasteiger partial charge < -0.3 is 9.88 Å². The molecule has 0 saturated carbocycles. The van der Waals surface area contributed by atoms with E-state index in [1.807, 2.05) is 6.92 Å². The number of sulfonamides is 1. The van der Waals surface area contributed by atoms with Gasteiger partial charge in [0.1, 0.15) is 5.82 Å². The molecule has 0 unspecified atom stereocenters. The summed E-state index contributed by atoms with van der Waals surface area (Å²) in [4.78, 5) is 33.9. The molecule has 29 heavy (non-hydrogen) atoms. The molecule has 1 N–H and O–H groups in total. The van der Waals surface area contributed by atoms with Gasteiger partial charge in [0.25, 0.3) is 11.5 Å². The number of aromatic amines is 1. The zero-order valence-electron chi connectivity index (χ0n) is 16.4. The van der Waals surface area contributed by atoms with Crippen LogP contribution >= 0.6 is 0 Å². The number of nitrogens with one attached hydrogen (secondary N) is 1. The Morgan fingerprint density at radius 1 is 1.07 bits per heavy atom. The van der Waals surface area contributed by atoms with Gasteiger partial charge in [-0.15, -0.1) is 0 Å². The highest BCUT2D eigenvalue weighted by atomic mass is 32.2. The number of rotatable bonds is 6. The topological polar surface area (TPSA) is 103 Å². The maximum Gasteiger partial charge on any atom is 0.258 e. The summed E-state index contributed by atoms with van der Waals surface area (Å²) in [5.41, 5.74) is 0.660. The number of nitrogens with zero attached hydrogens (tertiary/aromatic N) is 3. The predicted octanol–water partition coefficient (Wildman–Crippen LogP) is 1.84. The summed E-state index contributed by atoms with van der Waals surface area (Å²) in [6.07, 6.45) is 0. The maximum atomic E-state index is 12.9. The summed E-state index contributed by atoms with van der Waals surface area (Å²) in [5, 5.41) is 0.489. The van der Waals surface area contributed by atoms with Crippen LogP contribution in [-0.4, -0.2) is 54.1 Å². The Hall–Kier alpha value is -3.04. The molecule has 1 aromatic heterocycles. The number of carbonyl (C=O) groups is 1. The number of amides is 1. The Bertz CT molecular complexity index is 1200. The molecule has 0 aliphatic heterocycles. The van der Waals surface area contributed by atoms with Gasteiger partial charge in [0.05, 0.1) is 22.3 Å². The highest BCUT2D eigenvalue weighted by molar-refractivity contribution is 7.89. The number of H-pyrrole nitrogens is 1. The number of hydrogen-bond acceptors (Lipinski definition) is 5. The minimum atomic E-state index is -3.56. The van der Waals surface area contributed by atoms with E-state index in [4.69, 9.17) is 0 Å². The summed E-state index contributed by atoms with van der Waals surface area (Å²) < 4.78 is 25.5. The van der Waals surface area contributed by atoms with Crippen molar-refractivity contribution in [2.45, 2.75) is 18.4 Å². The average molecular weight is 414 g/mol. The third-order valence-electron chi connectivity index (χ3n) is 4.55. The monoisotopic (exact) mass is 414 g/mol. The Kier molecular flexibility index (Phi) is 5.81. The first-order chi connectivity index (χ1) is 13.7. The van der Waals surface area contributed by atoms with Crippen LogP contribution in [0.2, 0.25) is 0 Å². The molecule has 9 heteroatoms. The smallest absolute Gasteiger partial charge is 0.258 e. The first-order valence-electron chi connectivity index (χ1n) is 9.04. The van der Waals surface area contributed by atoms with Crippen LogP contribution < -0.4 is 5.56 Å². The van der Waals surface area contributed by atoms with E-state index < -0.39 is 10.0 Å². The average Bonchev–Trinajstić information content (AvgIpc) is 2.71. The third kappa shape index (κ3) is 4.20. The van der Waals surface area contributed by atoms with Crippen LogP contribution in [0.15, 0.2) is 58.2 Å². The van der Waals surface area contributed by atoms with Crippen molar-refractivity contribution in [3.8, 4) is 0 Å². The lowest BCUT2D eigenvalue weighted by molar-refractivity contribution is 0.0748. The number of para-hydroxylation sites is 1. The fourth-order valence-electron chi connectivity index (χ4n) is 2.88. The summed E-state index contributed by atoms with van der Waals surface area (Å²) >= 11 is 0. The number of fused-ring (bicyclic) bond motifs is 1. The van der Waals surface area contributed by atoms with Gasteiger partial charge in [-0.2, -0.15) is 0 Å². The van der Waals surface area contributed by atoms with Gasteiger partial charge in [0.2, 0.25) is 10.0 Å². The van der Waals surface area contributed by atoms with Crippen molar-refractivity contribution in [2.75, 3.05) is 20.6 Å². The molecule has 2 aromatic carbocycles. The lowest BCUT2D eigenvalue weighted by atomic mass is 10.2. The van der Waals surface area contributed by atoms with Crippen molar-refractivity contribution in [1.29, 1.82) is 0 Å². The number of carbonyl (C=O) groups excluding carboxylic acids is 1. The number of aromatic nitrogens is 2. The fraction of sp³-hybridized carbons (Fsp3) is 0.250. The Morgan fingerprint density at radius 2 is 1.72 bits per heavy atom. The molecule has 0 spiro atoms. The van der Waals surface area contributed by atoms with Crippen molar-refractivity contribution < 1.29 is 13.2 Å². The Balaban J connectivity index is 1.85. The van der Waals surface area contributed by atoms with Gasteiger partial charge in [-0.3, -0.25) is 9.59 Å². The molecule has 3 rings (SSSR count). The van der Waals surface area contributed by atoms with Crippen LogP contribution in [0.25, 0.3) is 10.9 Å². The van der Waals surface area contributed by atoms with Crippen molar-refractivity contribution >= 4 is 26.8 Å². The van der Waals surface area contributed by atoms with Gasteiger partial charge in [-0.1, -0.05) is 12.1 Å². The molecule has 8 nitrogen and oxygen atoms in total. The minimum Gasteiger partial charge on any atom is -0.331 e. The van der Waals surface area contributed by atoms with E-state index in [1.165, 1.54) is 43.3 Å². The van der Waals surface area contributed by atoms with E-state index in [-0.39, 0.29) is 22.9 Å². The van der Waals surface area contributed by atoms with Crippen LogP contribution in [0, 0.1) is 0 Å². The van der Waals surface area contributed by atoms with Crippen LogP contribution in [0.4, 0.5) is 0 Å². The summed E-state index contributed by atoms with van der Waals surface area (Å²) in [5.74, 6) is 0.104. The Labute approximate surface area is 168 Å². The summed E-state index contributed by atoms with van der Waals surface area (Å²) in [6.45, 7) is 2.35. The zero-order valence-corrected chi connectivity index (χ0v) is 17.2. The molecule has 0 fully saturated rings. The normalized spacial score (nSPS) is 11.7. The van der Waals surface area contributed by atoms with E-state index in [0.29, 0.717) is 28.8 Å². The van der Waals surface area contributed by atoms with Gasteiger partial charge in [0.15, 0.2) is 0 Å². The molecule has 1 amide bonds. The van der Waals surface area contributed by atoms with Crippen LogP contribution in [0.1, 0.15) is 23.1 Å². The molecular formula is C20H22N4O4S. The maximum absolute atomic E-state index is 12.9. The largest absolute Gasteiger partial charge is 0.331 e. The van der Waals surface area contributed by atoms with Crippen molar-refractivity contribution in [3.63, 3.8) is 0 Å². The zero-order chi connectivity index (χ0) is 21.2. The van der Waals surface area contributed by atoms with Gasteiger partial charge in [-0.05, 0) is 43.3 Å². The number of hydrogen-bond donors (Lipinski definition) is 1. The third-order valence-corrected chi connectivity index (χ3v) is 6.38. The molecule has 1 heterocycles. The van der Waals surface area contributed by atoms with E-state index in [9.17, 15) is 18.0 Å². The molecule has 0 aliphatic carbocycles. The number of benzene rings is 2. The molecule has 0 bridgehead atoms. The standard InChI is InChI=1S/C20H22N4O4S/c1-4-24(13-18-21-17-8-6-5-7-16(17)19(25)22-18)20(26)14-9-11-15(12-10-14)29(27,28)23(2)3/h5-12H,4,13H2,1-3H3,(H,21,22,25). The van der Waals surface area contributed by atoms with E-state index in [1.54, 1.807) is 24.3 Å². The van der Waals surface area contributed by atoms with Gasteiger partial charge in [0, 0.05) is 26.2 Å². The highest BCUT2D eigenvalue weighted by Crippen LogP contribution is 2.16. The second kappa shape index (κ2) is 8.14. The molecule has 0 atom stereocenters. The molecule has 0 radical (unpaired) electrons. The van der Waals surface area contributed by atoms with Crippen molar-refractivity contribution in [2.24, 2.45) is 0 Å². The molecule has 0 saturated heterocycles. The van der Waals surface area contributed by atoms with Crippen LogP contribution in [0.5, 0.6) is 0 Å². The SMILES string of the molecule is CCN(Cc1nc2ccccc2c(=O)[nH]1)C(=O)c1ccc(S(=O)(=O)N(C)C)cc1. The lowest BCUT2D eigenvalue weighted by Crippen LogP contribution is -2.32. The fourth-order valence-corrected chi connectivity index (χ4v) is 3.78. The minimum absolute atomic E-state index is 0.114. The Morgan fingerprint density at radius 3 is 2.34 bits per heavy atom. The lowest BCUT2D eigenvalue weighted by Gasteiger charge is -2.21. The van der Waals surface area contributed by atoms with Crippen molar-refractivity contribution in [1.82, 2.24) is 19.2 Å². The van der Waals surface area contributed by atoms with E-state index in [0.717, 1.165) is 4.31 Å². The molecular weight excluding hydrogens is 392 g/mol. The first kappa shape index (κ1) is 20.7. The first-order valence-corrected chi connectivity index (χ1v) is 10.5. The predicted molar refractivity (Wildman–Crippen MR) is 110 cm³/mol. The van der Waals surface area contributed by atoms with Gasteiger partial charge >= 0.3 is 0 Å². The van der Waals surface area contributed by atoms with Crippen molar-refractivity contribution in [3.05, 3.63) is 70.3 Å². The highest BCUT2D eigenvalue weighted by Gasteiger charge is 2.20. The summed E-state index contributed by atoms with van der Waals surface area (Å²) in [6, 6.07) is 12.8. The second-order valence-electron chi connectivity index (χ2n) is 6.66. The summed E-state index contributed by atoms with van der Waals surface area (Å²) in [7, 11) is -0.663. The molecule has 152 valence electrons. The van der Waals surface area contributed by atoms with E-state index in [2.05, 4.69) is 9.97 Å².